The molecule has 3 heteroatoms. The molecule has 0 N–H and O–H groups in total. The van der Waals surface area contributed by atoms with E-state index in [0.29, 0.717) is 6.42 Å². The van der Waals surface area contributed by atoms with Crippen LogP contribution in [0.2, 0.25) is 0 Å². The number of allylic oxidation sites excluding steroid dienone is 2. The van der Waals surface area contributed by atoms with E-state index in [4.69, 9.17) is 0 Å². The third kappa shape index (κ3) is 6.72. The van der Waals surface area contributed by atoms with Gasteiger partial charge in [-0.15, -0.1) is 0 Å². The minimum atomic E-state index is -0.0731. The molecule has 0 heterocycles. The van der Waals surface area contributed by atoms with Crippen LogP contribution in [0.1, 0.15) is 99.7 Å². The lowest BCUT2D eigenvalue weighted by Gasteiger charge is -2.32. The summed E-state index contributed by atoms with van der Waals surface area (Å²) in [7, 11) is 0. The molecule has 3 nitrogen and oxygen atoms in total. The Morgan fingerprint density at radius 1 is 1.19 bits per heavy atom. The Labute approximate surface area is 188 Å². The van der Waals surface area contributed by atoms with Crippen molar-refractivity contribution in [2.75, 3.05) is 0 Å². The summed E-state index contributed by atoms with van der Waals surface area (Å²) < 4.78 is 0. The fourth-order valence-corrected chi connectivity index (χ4v) is 5.44. The van der Waals surface area contributed by atoms with Crippen LogP contribution in [-0.4, -0.2) is 17.3 Å². The van der Waals surface area contributed by atoms with Gasteiger partial charge in [-0.2, -0.15) is 0 Å². The maximum Gasteiger partial charge on any atom is 0.163 e. The van der Waals surface area contributed by atoms with Crippen LogP contribution in [0.25, 0.3) is 0 Å². The number of Topliss-reactive ketones (excluding diaryl/α,β-unsaturated/α-hetero) is 3. The third-order valence-electron chi connectivity index (χ3n) is 6.88. The quantitative estimate of drug-likeness (QED) is 0.279. The van der Waals surface area contributed by atoms with Gasteiger partial charge in [-0.3, -0.25) is 14.4 Å². The maximum atomic E-state index is 13.1. The number of carbonyl (C=O) groups excluding carboxylic acids is 3. The molecule has 1 aliphatic carbocycles. The number of hydrogen-bond acceptors (Lipinski definition) is 3. The molecule has 0 bridgehead atoms. The molecule has 0 spiro atoms. The molecule has 0 aliphatic heterocycles. The summed E-state index contributed by atoms with van der Waals surface area (Å²) in [4.78, 5) is 37.3. The summed E-state index contributed by atoms with van der Waals surface area (Å²) in [6, 6.07) is 4.35. The van der Waals surface area contributed by atoms with Crippen molar-refractivity contribution in [1.29, 1.82) is 0 Å². The van der Waals surface area contributed by atoms with Gasteiger partial charge in [-0.05, 0) is 81.4 Å². The second-order valence-corrected chi connectivity index (χ2v) is 9.33. The van der Waals surface area contributed by atoms with E-state index in [0.717, 1.165) is 56.1 Å². The van der Waals surface area contributed by atoms with Crippen LogP contribution in [0, 0.1) is 24.7 Å². The van der Waals surface area contributed by atoms with Gasteiger partial charge < -0.3 is 0 Å². The van der Waals surface area contributed by atoms with Crippen LogP contribution in [0.5, 0.6) is 0 Å². The molecule has 3 unspecified atom stereocenters. The van der Waals surface area contributed by atoms with Crippen molar-refractivity contribution in [2.45, 2.75) is 92.4 Å². The van der Waals surface area contributed by atoms with Gasteiger partial charge in [-0.25, -0.2) is 0 Å². The molecule has 0 fully saturated rings. The molecule has 3 atom stereocenters. The molecule has 0 amide bonds. The number of fused-ring (bicyclic) bond motifs is 1. The van der Waals surface area contributed by atoms with E-state index in [1.165, 1.54) is 18.1 Å². The number of carbonyl (C=O) groups is 3. The molecule has 1 aromatic carbocycles. The molecule has 0 aromatic heterocycles. The Balaban J connectivity index is 2.18. The van der Waals surface area contributed by atoms with Crippen molar-refractivity contribution in [3.05, 3.63) is 46.5 Å². The zero-order valence-corrected chi connectivity index (χ0v) is 20.1. The Morgan fingerprint density at radius 2 is 1.94 bits per heavy atom. The van der Waals surface area contributed by atoms with Gasteiger partial charge in [0.15, 0.2) is 5.78 Å². The molecule has 31 heavy (non-hydrogen) atoms. The van der Waals surface area contributed by atoms with Gasteiger partial charge in [-0.1, -0.05) is 51.0 Å². The normalized spacial score (nSPS) is 18.1. The molecular weight excluding hydrogens is 384 g/mol. The first-order valence-electron chi connectivity index (χ1n) is 12.1. The molecule has 2 rings (SSSR count). The first-order valence-corrected chi connectivity index (χ1v) is 12.1. The number of aryl methyl sites for hydroxylation is 1. The Bertz CT molecular complexity index is 818. The number of ketones is 3. The summed E-state index contributed by atoms with van der Waals surface area (Å²) in [6.07, 6.45) is 11.4. The first-order chi connectivity index (χ1) is 14.8. The van der Waals surface area contributed by atoms with Gasteiger partial charge in [0.1, 0.15) is 11.6 Å². The molecule has 0 radical (unpaired) electrons. The van der Waals surface area contributed by atoms with Gasteiger partial charge in [0, 0.05) is 17.9 Å². The van der Waals surface area contributed by atoms with Crippen LogP contribution >= 0.6 is 0 Å². The minimum absolute atomic E-state index is 0.0420. The highest BCUT2D eigenvalue weighted by molar-refractivity contribution is 6.00. The number of hydrogen-bond donors (Lipinski definition) is 0. The van der Waals surface area contributed by atoms with Crippen molar-refractivity contribution in [3.63, 3.8) is 0 Å². The second-order valence-electron chi connectivity index (χ2n) is 9.33. The Kier molecular flexibility index (Phi) is 9.87. The molecule has 170 valence electrons. The number of benzene rings is 1. The summed E-state index contributed by atoms with van der Waals surface area (Å²) in [5, 5.41) is 0. The summed E-state index contributed by atoms with van der Waals surface area (Å²) in [5.41, 5.74) is 4.54. The van der Waals surface area contributed by atoms with E-state index >= 15 is 0 Å². The van der Waals surface area contributed by atoms with Crippen LogP contribution < -0.4 is 0 Å². The minimum Gasteiger partial charge on any atom is -0.300 e. The lowest BCUT2D eigenvalue weighted by Crippen LogP contribution is -2.30. The average molecular weight is 425 g/mol. The number of rotatable bonds is 12. The highest BCUT2D eigenvalue weighted by Gasteiger charge is 2.33. The summed E-state index contributed by atoms with van der Waals surface area (Å²) >= 11 is 0. The van der Waals surface area contributed by atoms with Crippen LogP contribution in [0.4, 0.5) is 0 Å². The molecule has 0 saturated carbocycles. The van der Waals surface area contributed by atoms with Gasteiger partial charge in [0.25, 0.3) is 0 Å². The molecule has 1 aliphatic rings. The van der Waals surface area contributed by atoms with E-state index < -0.39 is 0 Å². The lowest BCUT2D eigenvalue weighted by molar-refractivity contribution is -0.129. The SMILES string of the molecule is CC=CCCc1ccc2c(c1C)C(=O)CC(CC(CCC)C(CC)C(=O)CC(C)=O)C2. The van der Waals surface area contributed by atoms with Gasteiger partial charge in [0.05, 0.1) is 6.42 Å². The van der Waals surface area contributed by atoms with Crippen molar-refractivity contribution < 1.29 is 14.4 Å². The summed E-state index contributed by atoms with van der Waals surface area (Å²) in [6.45, 7) is 9.81. The Hall–Kier alpha value is -2.03. The van der Waals surface area contributed by atoms with Crippen LogP contribution in [0.3, 0.4) is 0 Å². The van der Waals surface area contributed by atoms with Crippen molar-refractivity contribution in [2.24, 2.45) is 17.8 Å². The molecule has 0 saturated heterocycles. The van der Waals surface area contributed by atoms with Crippen LogP contribution in [0.15, 0.2) is 24.3 Å². The topological polar surface area (TPSA) is 51.2 Å². The second kappa shape index (κ2) is 12.1. The van der Waals surface area contributed by atoms with E-state index in [-0.39, 0.29) is 41.5 Å². The third-order valence-corrected chi connectivity index (χ3v) is 6.88. The predicted molar refractivity (Wildman–Crippen MR) is 128 cm³/mol. The fourth-order valence-electron chi connectivity index (χ4n) is 5.44. The smallest absolute Gasteiger partial charge is 0.163 e. The van der Waals surface area contributed by atoms with E-state index in [2.05, 4.69) is 38.1 Å². The Morgan fingerprint density at radius 3 is 2.55 bits per heavy atom. The van der Waals surface area contributed by atoms with Crippen molar-refractivity contribution >= 4 is 17.3 Å². The van der Waals surface area contributed by atoms with Crippen molar-refractivity contribution in [1.82, 2.24) is 0 Å². The predicted octanol–water partition coefficient (Wildman–Crippen LogP) is 6.63. The molecule has 1 aromatic rings. The van der Waals surface area contributed by atoms with E-state index in [9.17, 15) is 14.4 Å². The van der Waals surface area contributed by atoms with Crippen molar-refractivity contribution in [3.8, 4) is 0 Å². The van der Waals surface area contributed by atoms with Gasteiger partial charge in [0.2, 0.25) is 0 Å². The highest BCUT2D eigenvalue weighted by Crippen LogP contribution is 2.37. The van der Waals surface area contributed by atoms with Gasteiger partial charge >= 0.3 is 0 Å². The van der Waals surface area contributed by atoms with E-state index in [1.54, 1.807) is 0 Å². The molecular formula is C28H40O3. The standard InChI is InChI=1S/C28H40O3/c1-6-9-10-12-22-13-14-24-17-21(18-27(31)28(24)20(22)5)16-23(11-7-2)25(8-3)26(30)15-19(4)29/h6,9,13-14,21,23,25H,7-8,10-12,15-18H2,1-5H3. The zero-order chi connectivity index (χ0) is 23.0. The fraction of sp³-hybridized carbons (Fsp3) is 0.607. The largest absolute Gasteiger partial charge is 0.300 e. The lowest BCUT2D eigenvalue weighted by atomic mass is 9.72. The highest BCUT2D eigenvalue weighted by atomic mass is 16.1. The van der Waals surface area contributed by atoms with Crippen LogP contribution in [-0.2, 0) is 22.4 Å². The average Bonchev–Trinajstić information content (AvgIpc) is 2.69. The van der Waals surface area contributed by atoms with E-state index in [1.807, 2.05) is 13.8 Å². The maximum absolute atomic E-state index is 13.1. The summed E-state index contributed by atoms with van der Waals surface area (Å²) in [5.74, 6) is 0.747. The first kappa shape index (κ1) is 25.2. The zero-order valence-electron chi connectivity index (χ0n) is 20.1. The monoisotopic (exact) mass is 424 g/mol.